The fraction of sp³-hybridized carbons (Fsp3) is 0.250. The van der Waals surface area contributed by atoms with Gasteiger partial charge in [-0.1, -0.05) is 41.1 Å². The number of nitrogens with one attached hydrogen (secondary N) is 1. The first-order chi connectivity index (χ1) is 22.8. The van der Waals surface area contributed by atoms with Gasteiger partial charge in [-0.25, -0.2) is 14.0 Å². The highest BCUT2D eigenvalue weighted by Gasteiger charge is 2.30. The van der Waals surface area contributed by atoms with Gasteiger partial charge >= 0.3 is 12.1 Å². The van der Waals surface area contributed by atoms with E-state index in [4.69, 9.17) is 13.7 Å². The summed E-state index contributed by atoms with van der Waals surface area (Å²) in [4.78, 5) is 42.5. The molecule has 1 atom stereocenters. The number of ether oxygens (including phenoxy) is 1. The van der Waals surface area contributed by atoms with Crippen LogP contribution in [0.2, 0.25) is 0 Å². The van der Waals surface area contributed by atoms with Gasteiger partial charge in [0.1, 0.15) is 29.0 Å². The molecule has 0 aliphatic rings. The van der Waals surface area contributed by atoms with Gasteiger partial charge in [0.05, 0.1) is 12.1 Å². The Balaban J connectivity index is 1.28. The molecule has 48 heavy (non-hydrogen) atoms. The first kappa shape index (κ1) is 33.6. The van der Waals surface area contributed by atoms with Gasteiger partial charge in [-0.2, -0.15) is 4.98 Å². The summed E-state index contributed by atoms with van der Waals surface area (Å²) in [5.41, 5.74) is 2.74. The number of furan rings is 1. The van der Waals surface area contributed by atoms with E-state index in [1.54, 1.807) is 63.2 Å². The summed E-state index contributed by atoms with van der Waals surface area (Å²) in [5, 5.41) is 16.6. The lowest BCUT2D eigenvalue weighted by Crippen LogP contribution is -2.45. The van der Waals surface area contributed by atoms with Crippen LogP contribution < -0.4 is 5.32 Å². The number of carboxylic acids is 1. The largest absolute Gasteiger partial charge is 0.480 e. The van der Waals surface area contributed by atoms with Crippen molar-refractivity contribution in [3.05, 3.63) is 102 Å². The average molecular weight is 655 g/mol. The third-order valence-corrected chi connectivity index (χ3v) is 7.30. The topological polar surface area (TPSA) is 148 Å². The maximum Gasteiger partial charge on any atom is 0.412 e. The number of amides is 2. The van der Waals surface area contributed by atoms with E-state index in [-0.39, 0.29) is 30.2 Å². The average Bonchev–Trinajstić information content (AvgIpc) is 3.69. The molecule has 0 aliphatic heterocycles. The van der Waals surface area contributed by atoms with Crippen molar-refractivity contribution in [3.63, 3.8) is 0 Å². The lowest BCUT2D eigenvalue weighted by molar-refractivity contribution is -0.150. The Morgan fingerprint density at radius 2 is 1.67 bits per heavy atom. The number of hydrogen-bond donors (Lipinski definition) is 2. The fourth-order valence-corrected chi connectivity index (χ4v) is 4.93. The SMILES string of the molecule is CC(=O)N(Cc1ccc(-c2ccc(C)cc2)o1)C(Cc1ccc(-c2noc(-c3ccc(NC(=O)OC(C)(C)C)cc3)n2)c(F)c1)C(=O)O. The van der Waals surface area contributed by atoms with Crippen LogP contribution in [0.1, 0.15) is 44.6 Å². The Morgan fingerprint density at radius 1 is 0.979 bits per heavy atom. The number of hydrogen-bond acceptors (Lipinski definition) is 8. The van der Waals surface area contributed by atoms with Crippen molar-refractivity contribution in [1.82, 2.24) is 15.0 Å². The Hall–Kier alpha value is -5.78. The molecule has 0 bridgehead atoms. The second-order valence-corrected chi connectivity index (χ2v) is 12.3. The summed E-state index contributed by atoms with van der Waals surface area (Å²) < 4.78 is 31.9. The molecule has 2 aromatic heterocycles. The highest BCUT2D eigenvalue weighted by molar-refractivity contribution is 5.85. The number of benzene rings is 3. The first-order valence-electron chi connectivity index (χ1n) is 15.1. The summed E-state index contributed by atoms with van der Waals surface area (Å²) in [6.07, 6.45) is -0.748. The smallest absolute Gasteiger partial charge is 0.412 e. The molecule has 11 nitrogen and oxygen atoms in total. The molecule has 0 radical (unpaired) electrons. The minimum absolute atomic E-state index is 0.00708. The molecule has 0 fully saturated rings. The molecule has 2 N–H and O–H groups in total. The van der Waals surface area contributed by atoms with Crippen molar-refractivity contribution in [2.24, 2.45) is 0 Å². The molecule has 0 saturated carbocycles. The Bertz CT molecular complexity index is 1920. The van der Waals surface area contributed by atoms with E-state index in [0.717, 1.165) is 11.1 Å². The second kappa shape index (κ2) is 13.9. The quantitative estimate of drug-likeness (QED) is 0.156. The summed E-state index contributed by atoms with van der Waals surface area (Å²) in [6.45, 7) is 8.47. The molecule has 1 unspecified atom stereocenters. The van der Waals surface area contributed by atoms with Crippen molar-refractivity contribution in [1.29, 1.82) is 0 Å². The molecule has 5 rings (SSSR count). The van der Waals surface area contributed by atoms with Gasteiger partial charge in [0, 0.05) is 30.2 Å². The van der Waals surface area contributed by atoms with Crippen LogP contribution in [0.3, 0.4) is 0 Å². The molecule has 12 heteroatoms. The summed E-state index contributed by atoms with van der Waals surface area (Å²) in [5.74, 6) is -1.28. The predicted molar refractivity (Wildman–Crippen MR) is 175 cm³/mol. The third kappa shape index (κ3) is 8.32. The van der Waals surface area contributed by atoms with Crippen molar-refractivity contribution in [2.45, 2.75) is 59.2 Å². The van der Waals surface area contributed by atoms with E-state index in [1.165, 1.54) is 24.0 Å². The summed E-state index contributed by atoms with van der Waals surface area (Å²) in [6, 6.07) is 20.7. The summed E-state index contributed by atoms with van der Waals surface area (Å²) >= 11 is 0. The molecule has 5 aromatic rings. The van der Waals surface area contributed by atoms with Crippen molar-refractivity contribution in [3.8, 4) is 34.2 Å². The van der Waals surface area contributed by atoms with Gasteiger partial charge in [-0.05, 0) is 81.8 Å². The number of rotatable bonds is 10. The molecule has 2 heterocycles. The van der Waals surface area contributed by atoms with Gasteiger partial charge < -0.3 is 23.7 Å². The number of aryl methyl sites for hydroxylation is 1. The standard InChI is InChI=1S/C36H35FN4O7/c1-21-6-9-24(10-7-21)31-17-15-27(46-31)20-41(22(2)42)30(34(43)44)19-23-8-16-28(29(37)18-23)32-39-33(48-40-32)25-11-13-26(14-12-25)38-35(45)47-36(3,4)5/h6-18,30H,19-20H2,1-5H3,(H,38,45)(H,43,44). The number of anilines is 1. The molecule has 0 saturated heterocycles. The van der Waals surface area contributed by atoms with Crippen molar-refractivity contribution >= 4 is 23.7 Å². The van der Waals surface area contributed by atoms with Gasteiger partial charge in [-0.15, -0.1) is 0 Å². The van der Waals surface area contributed by atoms with E-state index >= 15 is 4.39 Å². The molecular weight excluding hydrogens is 619 g/mol. The van der Waals surface area contributed by atoms with Crippen LogP contribution in [-0.2, 0) is 27.3 Å². The van der Waals surface area contributed by atoms with E-state index in [9.17, 15) is 19.5 Å². The number of carbonyl (C=O) groups excluding carboxylic acids is 2. The van der Waals surface area contributed by atoms with Gasteiger partial charge in [-0.3, -0.25) is 10.1 Å². The minimum atomic E-state index is -1.29. The number of halogens is 1. The lowest BCUT2D eigenvalue weighted by Gasteiger charge is -2.27. The zero-order valence-electron chi connectivity index (χ0n) is 27.1. The lowest BCUT2D eigenvalue weighted by atomic mass is 10.0. The van der Waals surface area contributed by atoms with Gasteiger partial charge in [0.25, 0.3) is 5.89 Å². The third-order valence-electron chi connectivity index (χ3n) is 7.30. The van der Waals surface area contributed by atoms with Crippen LogP contribution in [0.15, 0.2) is 87.8 Å². The molecule has 248 valence electrons. The monoisotopic (exact) mass is 654 g/mol. The Morgan fingerprint density at radius 3 is 2.29 bits per heavy atom. The molecular formula is C36H35FN4O7. The van der Waals surface area contributed by atoms with E-state index in [2.05, 4.69) is 15.5 Å². The highest BCUT2D eigenvalue weighted by atomic mass is 19.1. The van der Waals surface area contributed by atoms with Crippen LogP contribution >= 0.6 is 0 Å². The zero-order chi connectivity index (χ0) is 34.6. The van der Waals surface area contributed by atoms with Gasteiger partial charge in [0.2, 0.25) is 11.7 Å². The van der Waals surface area contributed by atoms with E-state index < -0.39 is 35.4 Å². The minimum Gasteiger partial charge on any atom is -0.480 e. The number of carbonyl (C=O) groups is 3. The predicted octanol–water partition coefficient (Wildman–Crippen LogP) is 7.50. The van der Waals surface area contributed by atoms with E-state index in [0.29, 0.717) is 28.3 Å². The van der Waals surface area contributed by atoms with Crippen molar-refractivity contribution < 1.29 is 37.6 Å². The molecule has 2 amide bonds. The van der Waals surface area contributed by atoms with Crippen LogP contribution in [0.4, 0.5) is 14.9 Å². The van der Waals surface area contributed by atoms with E-state index in [1.807, 2.05) is 31.2 Å². The number of carboxylic acid groups (broad SMARTS) is 1. The second-order valence-electron chi connectivity index (χ2n) is 12.3. The maximum absolute atomic E-state index is 15.4. The summed E-state index contributed by atoms with van der Waals surface area (Å²) in [7, 11) is 0. The Kier molecular flexibility index (Phi) is 9.74. The fourth-order valence-electron chi connectivity index (χ4n) is 4.93. The number of aliphatic carboxylic acids is 1. The van der Waals surface area contributed by atoms with Crippen LogP contribution in [0.5, 0.6) is 0 Å². The molecule has 0 spiro atoms. The first-order valence-corrected chi connectivity index (χ1v) is 15.1. The molecule has 0 aliphatic carbocycles. The number of aromatic nitrogens is 2. The van der Waals surface area contributed by atoms with Crippen LogP contribution in [0.25, 0.3) is 34.2 Å². The maximum atomic E-state index is 15.4. The number of nitrogens with zero attached hydrogens (tertiary/aromatic N) is 3. The molecule has 3 aromatic carbocycles. The Labute approximate surface area is 276 Å². The van der Waals surface area contributed by atoms with Gasteiger partial charge in [0.15, 0.2) is 0 Å². The van der Waals surface area contributed by atoms with Crippen LogP contribution in [-0.4, -0.2) is 49.8 Å². The normalized spacial score (nSPS) is 12.0. The van der Waals surface area contributed by atoms with Crippen molar-refractivity contribution in [2.75, 3.05) is 5.32 Å². The zero-order valence-corrected chi connectivity index (χ0v) is 27.1. The van der Waals surface area contributed by atoms with Crippen LogP contribution in [0, 0.1) is 12.7 Å². The highest BCUT2D eigenvalue weighted by Crippen LogP contribution is 2.28.